The Balaban J connectivity index is 2.15. The van der Waals surface area contributed by atoms with Gasteiger partial charge in [-0.15, -0.1) is 0 Å². The minimum absolute atomic E-state index is 0.428. The molecule has 4 heteroatoms. The lowest BCUT2D eigenvalue weighted by Gasteiger charge is -2.34. The molecule has 1 aliphatic rings. The summed E-state index contributed by atoms with van der Waals surface area (Å²) in [7, 11) is 0. The fourth-order valence-electron chi connectivity index (χ4n) is 2.88. The first-order valence-corrected chi connectivity index (χ1v) is 7.50. The van der Waals surface area contributed by atoms with Crippen LogP contribution in [-0.2, 0) is 0 Å². The molecule has 1 aromatic carbocycles. The molecule has 2 N–H and O–H groups in total. The van der Waals surface area contributed by atoms with Crippen LogP contribution in [0.25, 0.3) is 10.9 Å². The average molecular weight is 285 g/mol. The van der Waals surface area contributed by atoms with E-state index in [1.807, 2.05) is 24.4 Å². The number of nitrogens with two attached hydrogens (primary N) is 1. The number of anilines is 1. The molecule has 20 heavy (non-hydrogen) atoms. The average Bonchev–Trinajstić information content (AvgIpc) is 2.47. The lowest BCUT2D eigenvalue weighted by atomic mass is 9.97. The molecule has 104 valence electrons. The summed E-state index contributed by atoms with van der Waals surface area (Å²) in [6.45, 7) is 4.44. The molecule has 0 saturated carbocycles. The van der Waals surface area contributed by atoms with E-state index in [-0.39, 0.29) is 0 Å². The molecule has 3 nitrogen and oxygen atoms in total. The second kappa shape index (κ2) is 5.37. The Hall–Kier alpha value is -1.68. The Morgan fingerprint density at radius 3 is 2.70 bits per heavy atom. The first-order valence-electron chi connectivity index (χ1n) is 7.09. The number of hydrogen-bond donors (Lipinski definition) is 1. The number of pyridine rings is 1. The van der Waals surface area contributed by atoms with Crippen molar-refractivity contribution >= 4 is 33.8 Å². The quantitative estimate of drug-likeness (QED) is 0.861. The van der Waals surface area contributed by atoms with Crippen LogP contribution in [0.5, 0.6) is 0 Å². The molecule has 3 rings (SSSR count). The van der Waals surface area contributed by atoms with E-state index in [1.54, 1.807) is 0 Å². The van der Waals surface area contributed by atoms with E-state index >= 15 is 0 Å². The van der Waals surface area contributed by atoms with E-state index in [1.165, 1.54) is 12.8 Å². The van der Waals surface area contributed by atoms with Crippen molar-refractivity contribution in [1.29, 1.82) is 0 Å². The minimum atomic E-state index is 0.428. The van der Waals surface area contributed by atoms with Crippen molar-refractivity contribution in [2.24, 2.45) is 11.7 Å². The molecule has 0 radical (unpaired) electrons. The minimum Gasteiger partial charge on any atom is -0.389 e. The molecule has 1 aromatic heterocycles. The van der Waals surface area contributed by atoms with Crippen molar-refractivity contribution in [3.05, 3.63) is 36.0 Å². The standard InChI is InChI=1S/C16H19N3S/c1-11-6-8-19(9-7-11)15-12-4-2-3-5-14(12)18-10-13(15)16(17)20/h2-5,10-11H,6-9H2,1H3,(H2,17,20). The zero-order valence-electron chi connectivity index (χ0n) is 11.7. The maximum atomic E-state index is 5.90. The van der Waals surface area contributed by atoms with Gasteiger partial charge in [0.15, 0.2) is 0 Å². The van der Waals surface area contributed by atoms with Crippen LogP contribution in [0.2, 0.25) is 0 Å². The summed E-state index contributed by atoms with van der Waals surface area (Å²) in [5.41, 5.74) is 8.96. The van der Waals surface area contributed by atoms with E-state index in [9.17, 15) is 0 Å². The van der Waals surface area contributed by atoms with Gasteiger partial charge in [-0.25, -0.2) is 0 Å². The van der Waals surface area contributed by atoms with Crippen LogP contribution in [0.1, 0.15) is 25.3 Å². The second-order valence-electron chi connectivity index (χ2n) is 5.57. The Labute approximate surface area is 124 Å². The largest absolute Gasteiger partial charge is 0.389 e. The van der Waals surface area contributed by atoms with Crippen molar-refractivity contribution in [2.45, 2.75) is 19.8 Å². The molecule has 1 saturated heterocycles. The van der Waals surface area contributed by atoms with Gasteiger partial charge in [-0.2, -0.15) is 0 Å². The summed E-state index contributed by atoms with van der Waals surface area (Å²) in [6, 6.07) is 8.20. The zero-order chi connectivity index (χ0) is 14.1. The Bertz CT molecular complexity index is 645. The highest BCUT2D eigenvalue weighted by atomic mass is 32.1. The highest BCUT2D eigenvalue weighted by Crippen LogP contribution is 2.32. The van der Waals surface area contributed by atoms with Crippen molar-refractivity contribution in [3.63, 3.8) is 0 Å². The summed E-state index contributed by atoms with van der Waals surface area (Å²) < 4.78 is 0. The molecule has 2 heterocycles. The second-order valence-corrected chi connectivity index (χ2v) is 6.01. The normalized spacial score (nSPS) is 16.6. The fraction of sp³-hybridized carbons (Fsp3) is 0.375. The lowest BCUT2D eigenvalue weighted by Crippen LogP contribution is -2.34. The molecule has 0 aliphatic carbocycles. The molecule has 0 unspecified atom stereocenters. The Kier molecular flexibility index (Phi) is 3.57. The zero-order valence-corrected chi connectivity index (χ0v) is 12.5. The van der Waals surface area contributed by atoms with E-state index in [4.69, 9.17) is 18.0 Å². The molecule has 0 amide bonds. The van der Waals surface area contributed by atoms with Crippen LogP contribution in [0.15, 0.2) is 30.5 Å². The predicted octanol–water partition coefficient (Wildman–Crippen LogP) is 3.11. The summed E-state index contributed by atoms with van der Waals surface area (Å²) in [4.78, 5) is 7.32. The molecule has 2 aromatic rings. The van der Waals surface area contributed by atoms with Gasteiger partial charge in [0.2, 0.25) is 0 Å². The summed E-state index contributed by atoms with van der Waals surface area (Å²) in [6.07, 6.45) is 4.25. The highest BCUT2D eigenvalue weighted by molar-refractivity contribution is 7.80. The van der Waals surface area contributed by atoms with Crippen LogP contribution in [0, 0.1) is 5.92 Å². The van der Waals surface area contributed by atoms with Gasteiger partial charge < -0.3 is 10.6 Å². The first kappa shape index (κ1) is 13.3. The van der Waals surface area contributed by atoms with Gasteiger partial charge in [0.25, 0.3) is 0 Å². The molecule has 0 spiro atoms. The molecular weight excluding hydrogens is 266 g/mol. The monoisotopic (exact) mass is 285 g/mol. The highest BCUT2D eigenvalue weighted by Gasteiger charge is 2.21. The van der Waals surface area contributed by atoms with Gasteiger partial charge in [-0.1, -0.05) is 37.3 Å². The summed E-state index contributed by atoms with van der Waals surface area (Å²) in [5.74, 6) is 0.799. The van der Waals surface area contributed by atoms with Crippen LogP contribution in [-0.4, -0.2) is 23.1 Å². The number of nitrogens with zero attached hydrogens (tertiary/aromatic N) is 2. The topological polar surface area (TPSA) is 42.1 Å². The van der Waals surface area contributed by atoms with Gasteiger partial charge in [0.05, 0.1) is 16.8 Å². The smallest absolute Gasteiger partial charge is 0.107 e. The molecule has 1 aliphatic heterocycles. The molecular formula is C16H19N3S. The summed E-state index contributed by atoms with van der Waals surface area (Å²) >= 11 is 5.22. The van der Waals surface area contributed by atoms with Crippen molar-refractivity contribution in [2.75, 3.05) is 18.0 Å². The van der Waals surface area contributed by atoms with Gasteiger partial charge in [0, 0.05) is 24.7 Å². The third kappa shape index (κ3) is 2.36. The van der Waals surface area contributed by atoms with Gasteiger partial charge >= 0.3 is 0 Å². The van der Waals surface area contributed by atoms with Crippen LogP contribution in [0.4, 0.5) is 5.69 Å². The van der Waals surface area contributed by atoms with Crippen molar-refractivity contribution in [3.8, 4) is 0 Å². The number of rotatable bonds is 2. The summed E-state index contributed by atoms with van der Waals surface area (Å²) in [5, 5.41) is 1.15. The van der Waals surface area contributed by atoms with Crippen LogP contribution in [0.3, 0.4) is 0 Å². The predicted molar refractivity (Wildman–Crippen MR) is 88.2 cm³/mol. The molecule has 1 fully saturated rings. The van der Waals surface area contributed by atoms with Gasteiger partial charge in [0.1, 0.15) is 4.99 Å². The third-order valence-electron chi connectivity index (χ3n) is 4.11. The van der Waals surface area contributed by atoms with Crippen LogP contribution >= 0.6 is 12.2 Å². The van der Waals surface area contributed by atoms with Gasteiger partial charge in [-0.05, 0) is 24.8 Å². The molecule has 0 atom stereocenters. The van der Waals surface area contributed by atoms with Crippen LogP contribution < -0.4 is 10.6 Å². The number of hydrogen-bond acceptors (Lipinski definition) is 3. The number of para-hydroxylation sites is 1. The molecule has 0 bridgehead atoms. The SMILES string of the molecule is CC1CCN(c2c(C(N)=S)cnc3ccccc23)CC1. The number of aromatic nitrogens is 1. The third-order valence-corrected chi connectivity index (χ3v) is 4.33. The van der Waals surface area contributed by atoms with Gasteiger partial charge in [-0.3, -0.25) is 4.98 Å². The number of piperidine rings is 1. The van der Waals surface area contributed by atoms with E-state index < -0.39 is 0 Å². The van der Waals surface area contributed by atoms with E-state index in [2.05, 4.69) is 22.9 Å². The maximum Gasteiger partial charge on any atom is 0.107 e. The number of fused-ring (bicyclic) bond motifs is 1. The Morgan fingerprint density at radius 2 is 2.00 bits per heavy atom. The fourth-order valence-corrected chi connectivity index (χ4v) is 3.03. The van der Waals surface area contributed by atoms with E-state index in [0.29, 0.717) is 4.99 Å². The number of benzene rings is 1. The Morgan fingerprint density at radius 1 is 1.30 bits per heavy atom. The maximum absolute atomic E-state index is 5.90. The number of thiocarbonyl (C=S) groups is 1. The van der Waals surface area contributed by atoms with Crippen molar-refractivity contribution in [1.82, 2.24) is 4.98 Å². The van der Waals surface area contributed by atoms with Crippen molar-refractivity contribution < 1.29 is 0 Å². The first-order chi connectivity index (χ1) is 9.66. The van der Waals surface area contributed by atoms with E-state index in [0.717, 1.165) is 41.2 Å². The lowest BCUT2D eigenvalue weighted by molar-refractivity contribution is 0.439.